The van der Waals surface area contributed by atoms with Crippen molar-refractivity contribution in [2.24, 2.45) is 5.16 Å². The molecule has 1 aliphatic rings. The summed E-state index contributed by atoms with van der Waals surface area (Å²) in [6, 6.07) is 25.6. The first-order chi connectivity index (χ1) is 13.1. The van der Waals surface area contributed by atoms with Crippen LogP contribution in [0, 0.1) is 0 Å². The lowest BCUT2D eigenvalue weighted by Crippen LogP contribution is -2.30. The number of benzene rings is 3. The van der Waals surface area contributed by atoms with Gasteiger partial charge in [-0.25, -0.2) is 0 Å². The molecule has 4 heteroatoms. The van der Waals surface area contributed by atoms with Gasteiger partial charge >= 0.3 is 0 Å². The highest BCUT2D eigenvalue weighted by molar-refractivity contribution is 9.10. The molecule has 0 radical (unpaired) electrons. The lowest BCUT2D eigenvalue weighted by atomic mass is 9.79. The van der Waals surface area contributed by atoms with Crippen LogP contribution in [0.25, 0.3) is 0 Å². The van der Waals surface area contributed by atoms with Crippen LogP contribution >= 0.6 is 15.9 Å². The first-order valence-electron chi connectivity index (χ1n) is 8.77. The number of rotatable bonds is 4. The van der Waals surface area contributed by atoms with Gasteiger partial charge in [0.2, 0.25) is 0 Å². The molecule has 1 aliphatic heterocycles. The van der Waals surface area contributed by atoms with Gasteiger partial charge in [0, 0.05) is 27.6 Å². The molecule has 0 aromatic heterocycles. The number of carbonyl (C=O) groups is 1. The molecule has 0 saturated carbocycles. The van der Waals surface area contributed by atoms with Crippen LogP contribution in [0.15, 0.2) is 88.5 Å². The predicted molar refractivity (Wildman–Crippen MR) is 110 cm³/mol. The maximum Gasteiger partial charge on any atom is 0.194 e. The van der Waals surface area contributed by atoms with Gasteiger partial charge in [0.25, 0.3) is 0 Å². The largest absolute Gasteiger partial charge is 0.379 e. The topological polar surface area (TPSA) is 38.7 Å². The van der Waals surface area contributed by atoms with Crippen molar-refractivity contribution in [1.82, 2.24) is 0 Å². The van der Waals surface area contributed by atoms with Crippen molar-refractivity contribution in [3.8, 4) is 0 Å². The minimum Gasteiger partial charge on any atom is -0.379 e. The number of carbonyl (C=O) groups excluding carboxylic acids is 1. The first-order valence-corrected chi connectivity index (χ1v) is 9.56. The summed E-state index contributed by atoms with van der Waals surface area (Å²) < 4.78 is 0.989. The Morgan fingerprint density at radius 3 is 2.33 bits per heavy atom. The number of Topliss-reactive ketones (excluding diaryl/α,β-unsaturated/α-hetero) is 1. The minimum absolute atomic E-state index is 0.0128. The van der Waals surface area contributed by atoms with Gasteiger partial charge in [-0.15, -0.1) is 0 Å². The number of ketones is 1. The smallest absolute Gasteiger partial charge is 0.194 e. The summed E-state index contributed by atoms with van der Waals surface area (Å²) in [6.07, 6.45) is 0.558. The fourth-order valence-electron chi connectivity index (χ4n) is 3.53. The molecule has 1 atom stereocenters. The summed E-state index contributed by atoms with van der Waals surface area (Å²) in [6.45, 7) is 1.59. The molecule has 134 valence electrons. The van der Waals surface area contributed by atoms with E-state index < -0.39 is 5.60 Å². The summed E-state index contributed by atoms with van der Waals surface area (Å²) >= 11 is 3.49. The molecule has 0 fully saturated rings. The normalized spacial score (nSPS) is 18.7. The third-order valence-electron chi connectivity index (χ3n) is 4.89. The van der Waals surface area contributed by atoms with Crippen molar-refractivity contribution >= 4 is 27.4 Å². The number of halogens is 1. The van der Waals surface area contributed by atoms with Crippen LogP contribution < -0.4 is 0 Å². The number of nitrogens with zero attached hydrogens (tertiary/aromatic N) is 1. The highest BCUT2D eigenvalue weighted by atomic mass is 79.9. The average molecular weight is 420 g/mol. The molecule has 0 saturated heterocycles. The second kappa shape index (κ2) is 7.12. The van der Waals surface area contributed by atoms with Gasteiger partial charge in [-0.2, -0.15) is 0 Å². The molecule has 27 heavy (non-hydrogen) atoms. The molecule has 3 aromatic carbocycles. The fraction of sp³-hybridized carbons (Fsp3) is 0.130. The highest BCUT2D eigenvalue weighted by Crippen LogP contribution is 2.44. The van der Waals surface area contributed by atoms with Crippen LogP contribution in [0.1, 0.15) is 40.4 Å². The summed E-state index contributed by atoms with van der Waals surface area (Å²) in [7, 11) is 0. The molecule has 0 spiro atoms. The lowest BCUT2D eigenvalue weighted by Gasteiger charge is -2.29. The van der Waals surface area contributed by atoms with Gasteiger partial charge < -0.3 is 4.84 Å². The predicted octanol–water partition coefficient (Wildman–Crippen LogP) is 5.72. The Morgan fingerprint density at radius 2 is 1.63 bits per heavy atom. The third-order valence-corrected chi connectivity index (χ3v) is 5.42. The maximum atomic E-state index is 12.3. The van der Waals surface area contributed by atoms with Crippen LogP contribution in [-0.4, -0.2) is 11.5 Å². The SMILES string of the molecule is CC(=O)c1ccccc1C1(c2ccc(Br)cc2)CC(c2ccccc2)=NO1. The maximum absolute atomic E-state index is 12.3. The second-order valence-electron chi connectivity index (χ2n) is 6.61. The third kappa shape index (κ3) is 3.21. The van der Waals surface area contributed by atoms with Crippen molar-refractivity contribution < 1.29 is 9.63 Å². The highest BCUT2D eigenvalue weighted by Gasteiger charge is 2.44. The van der Waals surface area contributed by atoms with Crippen LogP contribution in [0.3, 0.4) is 0 Å². The van der Waals surface area contributed by atoms with Gasteiger partial charge in [0.05, 0.1) is 5.71 Å². The zero-order chi connectivity index (χ0) is 18.9. The van der Waals surface area contributed by atoms with Gasteiger partial charge in [0.15, 0.2) is 11.4 Å². The van der Waals surface area contributed by atoms with Gasteiger partial charge in [-0.3, -0.25) is 4.79 Å². The first kappa shape index (κ1) is 17.7. The zero-order valence-electron chi connectivity index (χ0n) is 14.9. The van der Waals surface area contributed by atoms with E-state index in [0.717, 1.165) is 26.9 Å². The minimum atomic E-state index is -0.825. The Labute approximate surface area is 166 Å². The van der Waals surface area contributed by atoms with Crippen LogP contribution in [-0.2, 0) is 10.4 Å². The molecule has 3 aromatic rings. The van der Waals surface area contributed by atoms with Crippen LogP contribution in [0.5, 0.6) is 0 Å². The molecule has 4 rings (SSSR count). The Kier molecular flexibility index (Phi) is 4.66. The molecule has 0 amide bonds. The monoisotopic (exact) mass is 419 g/mol. The fourth-order valence-corrected chi connectivity index (χ4v) is 3.80. The second-order valence-corrected chi connectivity index (χ2v) is 7.52. The van der Waals surface area contributed by atoms with Crippen LogP contribution in [0.2, 0.25) is 0 Å². The number of oxime groups is 1. The molecule has 3 nitrogen and oxygen atoms in total. The van der Waals surface area contributed by atoms with Crippen molar-refractivity contribution in [1.29, 1.82) is 0 Å². The average Bonchev–Trinajstić information content (AvgIpc) is 3.16. The van der Waals surface area contributed by atoms with E-state index in [1.807, 2.05) is 78.9 Å². The van der Waals surface area contributed by atoms with E-state index in [-0.39, 0.29) is 5.78 Å². The van der Waals surface area contributed by atoms with Gasteiger partial charge in [-0.05, 0) is 24.6 Å². The van der Waals surface area contributed by atoms with E-state index >= 15 is 0 Å². The summed E-state index contributed by atoms with van der Waals surface area (Å²) in [5, 5.41) is 4.43. The molecule has 0 aliphatic carbocycles. The van der Waals surface area contributed by atoms with E-state index in [9.17, 15) is 4.79 Å². The summed E-state index contributed by atoms with van der Waals surface area (Å²) in [5.41, 5.74) is 3.54. The molecule has 1 unspecified atom stereocenters. The summed E-state index contributed by atoms with van der Waals surface area (Å²) in [4.78, 5) is 18.4. The zero-order valence-corrected chi connectivity index (χ0v) is 16.4. The number of hydrogen-bond donors (Lipinski definition) is 0. The van der Waals surface area contributed by atoms with Crippen molar-refractivity contribution in [2.75, 3.05) is 0 Å². The Bertz CT molecular complexity index is 1010. The van der Waals surface area contributed by atoms with Crippen molar-refractivity contribution in [3.63, 3.8) is 0 Å². The Balaban J connectivity index is 1.86. The standard InChI is InChI=1S/C23H18BrNO2/c1-16(26)20-9-5-6-10-21(20)23(18-11-13-19(24)14-12-18)15-22(25-27-23)17-7-3-2-4-8-17/h2-14H,15H2,1H3. The summed E-state index contributed by atoms with van der Waals surface area (Å²) in [5.74, 6) is 0.0128. The molecule has 1 heterocycles. The van der Waals surface area contributed by atoms with E-state index in [4.69, 9.17) is 4.84 Å². The lowest BCUT2D eigenvalue weighted by molar-refractivity contribution is 0.0106. The van der Waals surface area contributed by atoms with Gasteiger partial charge in [0.1, 0.15) is 0 Å². The molecule has 0 bridgehead atoms. The number of hydrogen-bond acceptors (Lipinski definition) is 3. The van der Waals surface area contributed by atoms with Gasteiger partial charge in [-0.1, -0.05) is 87.8 Å². The van der Waals surface area contributed by atoms with Crippen molar-refractivity contribution in [3.05, 3.63) is 106 Å². The molecule has 0 N–H and O–H groups in total. The van der Waals surface area contributed by atoms with E-state index in [1.54, 1.807) is 6.92 Å². The Hall–Kier alpha value is -2.72. The molecular formula is C23H18BrNO2. The quantitative estimate of drug-likeness (QED) is 0.507. The van der Waals surface area contributed by atoms with E-state index in [0.29, 0.717) is 12.0 Å². The Morgan fingerprint density at radius 1 is 0.963 bits per heavy atom. The van der Waals surface area contributed by atoms with Crippen LogP contribution in [0.4, 0.5) is 0 Å². The van der Waals surface area contributed by atoms with E-state index in [1.165, 1.54) is 0 Å². The molecular weight excluding hydrogens is 402 g/mol. The van der Waals surface area contributed by atoms with Crippen molar-refractivity contribution in [2.45, 2.75) is 18.9 Å². The van der Waals surface area contributed by atoms with E-state index in [2.05, 4.69) is 21.1 Å².